The lowest BCUT2D eigenvalue weighted by atomic mass is 10.2. The van der Waals surface area contributed by atoms with Crippen molar-refractivity contribution in [1.82, 2.24) is 10.2 Å². The predicted octanol–water partition coefficient (Wildman–Crippen LogP) is 0.912. The fourth-order valence-corrected chi connectivity index (χ4v) is 1.10. The van der Waals surface area contributed by atoms with E-state index in [1.807, 2.05) is 21.0 Å². The van der Waals surface area contributed by atoms with Crippen LogP contribution < -0.4 is 5.32 Å². The van der Waals surface area contributed by atoms with Crippen molar-refractivity contribution in [2.24, 2.45) is 0 Å². The van der Waals surface area contributed by atoms with Gasteiger partial charge < -0.3 is 10.7 Å². The average molecular weight is 157 g/mol. The van der Waals surface area contributed by atoms with Crippen LogP contribution in [0.4, 0.5) is 0 Å². The number of hydrogen-bond acceptors (Lipinski definition) is 3. The zero-order valence-corrected chi connectivity index (χ0v) is 7.89. The van der Waals surface area contributed by atoms with E-state index < -0.39 is 0 Å². The summed E-state index contributed by atoms with van der Waals surface area (Å²) in [5, 5.41) is 10.3. The normalized spacial score (nSPS) is 16.5. The molecule has 0 aliphatic heterocycles. The molecule has 0 aromatic heterocycles. The highest BCUT2D eigenvalue weighted by atomic mass is 15.3. The van der Waals surface area contributed by atoms with Crippen molar-refractivity contribution in [3.8, 4) is 0 Å². The third-order valence-electron chi connectivity index (χ3n) is 2.10. The zero-order valence-electron chi connectivity index (χ0n) is 7.89. The second-order valence-corrected chi connectivity index (χ2v) is 2.79. The molecule has 11 heavy (non-hydrogen) atoms. The molecule has 0 aliphatic rings. The van der Waals surface area contributed by atoms with E-state index in [-0.39, 0.29) is 6.04 Å². The molecule has 2 atom stereocenters. The molecule has 0 bridgehead atoms. The predicted molar refractivity (Wildman–Crippen MR) is 49.1 cm³/mol. The molecule has 2 unspecified atom stereocenters. The van der Waals surface area contributed by atoms with Crippen LogP contribution in [0.5, 0.6) is 0 Å². The Morgan fingerprint density at radius 2 is 2.18 bits per heavy atom. The fraction of sp³-hybridized carbons (Fsp3) is 0.875. The summed E-state index contributed by atoms with van der Waals surface area (Å²) in [5.74, 6) is 0. The molecular formula is C8H19N3. The van der Waals surface area contributed by atoms with Crippen LogP contribution in [0, 0.1) is 5.41 Å². The maximum atomic E-state index is 7.09. The molecule has 0 heterocycles. The Morgan fingerprint density at radius 3 is 2.45 bits per heavy atom. The molecule has 0 radical (unpaired) electrons. The van der Waals surface area contributed by atoms with Gasteiger partial charge in [0.2, 0.25) is 0 Å². The minimum atomic E-state index is 0.215. The Morgan fingerprint density at radius 1 is 1.64 bits per heavy atom. The first-order chi connectivity index (χ1) is 5.17. The van der Waals surface area contributed by atoms with Gasteiger partial charge in [-0.15, -0.1) is 0 Å². The van der Waals surface area contributed by atoms with E-state index in [9.17, 15) is 0 Å². The molecule has 0 aromatic carbocycles. The minimum Gasteiger partial charge on any atom is -0.311 e. The second-order valence-electron chi connectivity index (χ2n) is 2.79. The lowest BCUT2D eigenvalue weighted by Gasteiger charge is -2.29. The van der Waals surface area contributed by atoms with E-state index in [4.69, 9.17) is 5.41 Å². The van der Waals surface area contributed by atoms with Gasteiger partial charge in [-0.2, -0.15) is 0 Å². The highest BCUT2D eigenvalue weighted by Gasteiger charge is 2.13. The van der Waals surface area contributed by atoms with Gasteiger partial charge in [0.25, 0.3) is 0 Å². The smallest absolute Gasteiger partial charge is 0.0594 e. The molecule has 3 heteroatoms. The Labute approximate surface area is 69.3 Å². The van der Waals surface area contributed by atoms with Gasteiger partial charge in [-0.25, -0.2) is 0 Å². The summed E-state index contributed by atoms with van der Waals surface area (Å²) in [4.78, 5) is 2.15. The largest absolute Gasteiger partial charge is 0.311 e. The molecule has 0 saturated heterocycles. The third-order valence-corrected chi connectivity index (χ3v) is 2.10. The van der Waals surface area contributed by atoms with Crippen LogP contribution in [0.15, 0.2) is 0 Å². The van der Waals surface area contributed by atoms with Gasteiger partial charge in [0.1, 0.15) is 0 Å². The summed E-state index contributed by atoms with van der Waals surface area (Å²) in [5.41, 5.74) is 0. The summed E-state index contributed by atoms with van der Waals surface area (Å²) in [6, 6.07) is 0.215. The molecule has 0 saturated carbocycles. The van der Waals surface area contributed by atoms with E-state index in [1.165, 1.54) is 6.21 Å². The van der Waals surface area contributed by atoms with Crippen LogP contribution in [0.3, 0.4) is 0 Å². The molecule has 3 nitrogen and oxygen atoms in total. The Hall–Kier alpha value is -0.410. The molecule has 0 aliphatic carbocycles. The molecule has 2 N–H and O–H groups in total. The van der Waals surface area contributed by atoms with Crippen molar-refractivity contribution in [3.05, 3.63) is 0 Å². The number of rotatable bonds is 5. The van der Waals surface area contributed by atoms with E-state index in [0.717, 1.165) is 6.42 Å². The first kappa shape index (κ1) is 10.6. The van der Waals surface area contributed by atoms with E-state index in [1.54, 1.807) is 0 Å². The maximum Gasteiger partial charge on any atom is 0.0594 e. The Kier molecular flexibility index (Phi) is 5.07. The quantitative estimate of drug-likeness (QED) is 0.460. The fourth-order valence-electron chi connectivity index (χ4n) is 1.10. The van der Waals surface area contributed by atoms with Crippen LogP contribution in [-0.4, -0.2) is 37.4 Å². The van der Waals surface area contributed by atoms with Crippen LogP contribution >= 0.6 is 0 Å². The molecule has 0 spiro atoms. The van der Waals surface area contributed by atoms with Crippen molar-refractivity contribution in [2.45, 2.75) is 32.5 Å². The van der Waals surface area contributed by atoms with E-state index in [2.05, 4.69) is 17.1 Å². The van der Waals surface area contributed by atoms with Gasteiger partial charge in [-0.3, -0.25) is 4.90 Å². The molecule has 0 amide bonds. The first-order valence-electron chi connectivity index (χ1n) is 4.07. The van der Waals surface area contributed by atoms with E-state index in [0.29, 0.717) is 6.17 Å². The van der Waals surface area contributed by atoms with Crippen molar-refractivity contribution >= 4 is 6.21 Å². The Balaban J connectivity index is 3.95. The molecular weight excluding hydrogens is 138 g/mol. The van der Waals surface area contributed by atoms with Crippen molar-refractivity contribution in [3.63, 3.8) is 0 Å². The standard InChI is InChI=1S/C8H19N3/c1-5-8(10-3)11(4)7(2)6-9/h6-10H,5H2,1-4H3. The zero-order chi connectivity index (χ0) is 8.85. The lowest BCUT2D eigenvalue weighted by Crippen LogP contribution is -2.46. The van der Waals surface area contributed by atoms with Crippen LogP contribution in [-0.2, 0) is 0 Å². The maximum absolute atomic E-state index is 7.09. The molecule has 0 fully saturated rings. The highest BCUT2D eigenvalue weighted by Crippen LogP contribution is 2.00. The average Bonchev–Trinajstić information content (AvgIpc) is 2.05. The summed E-state index contributed by atoms with van der Waals surface area (Å²) in [7, 11) is 3.97. The SMILES string of the molecule is CCC(NC)N(C)C(C)C=N. The third kappa shape index (κ3) is 2.99. The van der Waals surface area contributed by atoms with Crippen LogP contribution in [0.25, 0.3) is 0 Å². The van der Waals surface area contributed by atoms with Gasteiger partial charge in [-0.05, 0) is 27.4 Å². The van der Waals surface area contributed by atoms with Crippen molar-refractivity contribution < 1.29 is 0 Å². The van der Waals surface area contributed by atoms with Crippen LogP contribution in [0.1, 0.15) is 20.3 Å². The van der Waals surface area contributed by atoms with Crippen molar-refractivity contribution in [2.75, 3.05) is 14.1 Å². The molecule has 0 aromatic rings. The van der Waals surface area contributed by atoms with Crippen molar-refractivity contribution in [1.29, 1.82) is 5.41 Å². The monoisotopic (exact) mass is 157 g/mol. The van der Waals surface area contributed by atoms with Crippen LogP contribution in [0.2, 0.25) is 0 Å². The topological polar surface area (TPSA) is 39.1 Å². The molecule has 66 valence electrons. The summed E-state index contributed by atoms with van der Waals surface area (Å²) in [6.45, 7) is 4.15. The lowest BCUT2D eigenvalue weighted by molar-refractivity contribution is 0.193. The summed E-state index contributed by atoms with van der Waals surface area (Å²) in [6.07, 6.45) is 2.90. The van der Waals surface area contributed by atoms with Gasteiger partial charge in [-0.1, -0.05) is 6.92 Å². The van der Waals surface area contributed by atoms with Gasteiger partial charge in [0.15, 0.2) is 0 Å². The van der Waals surface area contributed by atoms with E-state index >= 15 is 0 Å². The number of hydrogen-bond donors (Lipinski definition) is 2. The van der Waals surface area contributed by atoms with Gasteiger partial charge >= 0.3 is 0 Å². The van der Waals surface area contributed by atoms with Gasteiger partial charge in [0, 0.05) is 12.3 Å². The van der Waals surface area contributed by atoms with Gasteiger partial charge in [0.05, 0.1) is 6.17 Å². The Bertz CT molecular complexity index is 110. The summed E-state index contributed by atoms with van der Waals surface area (Å²) < 4.78 is 0. The highest BCUT2D eigenvalue weighted by molar-refractivity contribution is 5.59. The number of nitrogens with one attached hydrogen (secondary N) is 2. The first-order valence-corrected chi connectivity index (χ1v) is 4.07. The minimum absolute atomic E-state index is 0.215. The second kappa shape index (κ2) is 5.27. The molecule has 0 rings (SSSR count). The number of nitrogens with zero attached hydrogens (tertiary/aromatic N) is 1. The summed E-state index contributed by atoms with van der Waals surface area (Å²) >= 11 is 0.